The molecule has 5 heavy (non-hydrogen) atoms. The van der Waals surface area contributed by atoms with E-state index < -0.39 is 0 Å². The summed E-state index contributed by atoms with van der Waals surface area (Å²) >= 11 is 0. The van der Waals surface area contributed by atoms with Crippen LogP contribution in [0.4, 0.5) is 0 Å². The van der Waals surface area contributed by atoms with Gasteiger partial charge in [0.15, 0.2) is 0 Å². The van der Waals surface area contributed by atoms with E-state index in [1.807, 2.05) is 0 Å². The fraction of sp³-hybridized carbons (Fsp3) is 0. The molecule has 0 aromatic carbocycles. The Kier molecular flexibility index (Phi) is 259. The van der Waals surface area contributed by atoms with Crippen molar-refractivity contribution < 1.29 is 85.8 Å². The van der Waals surface area contributed by atoms with Gasteiger partial charge in [0.25, 0.3) is 0 Å². The Balaban J connectivity index is 0. The molecule has 0 nitrogen and oxygen atoms in total. The second-order valence-electron chi connectivity index (χ2n) is 0. The fourth-order valence-electron chi connectivity index (χ4n) is 0. The van der Waals surface area contributed by atoms with Crippen LogP contribution >= 0.6 is 0 Å². The molecular formula is C2H6PdY2. The van der Waals surface area contributed by atoms with E-state index in [0.717, 1.165) is 0 Å². The maximum Gasteiger partial charge on any atom is 2.00 e. The normalized spacial score (nSPS) is 0. The molecule has 0 atom stereocenters. The van der Waals surface area contributed by atoms with E-state index in [1.165, 1.54) is 0 Å². The van der Waals surface area contributed by atoms with Crippen molar-refractivity contribution in [2.24, 2.45) is 0 Å². The van der Waals surface area contributed by atoms with E-state index in [9.17, 15) is 0 Å². The van der Waals surface area contributed by atoms with Crippen LogP contribution in [0, 0.1) is 14.9 Å². The number of rotatable bonds is 0. The Morgan fingerprint density at radius 3 is 0.600 bits per heavy atom. The molecule has 0 rings (SSSR count). The molecule has 0 spiro atoms. The first-order valence-corrected chi connectivity index (χ1v) is 0. The molecule has 0 bridgehead atoms. The van der Waals surface area contributed by atoms with Crippen LogP contribution in [0.1, 0.15) is 0 Å². The molecule has 2 radical (unpaired) electrons. The van der Waals surface area contributed by atoms with Crippen molar-refractivity contribution in [3.63, 3.8) is 0 Å². The molecule has 0 amide bonds. The van der Waals surface area contributed by atoms with E-state index >= 15 is 0 Å². The van der Waals surface area contributed by atoms with E-state index in [0.29, 0.717) is 0 Å². The minimum absolute atomic E-state index is 0. The quantitative estimate of drug-likeness (QED) is 0.460. The number of hydrogen-bond acceptors (Lipinski definition) is 0. The molecule has 0 aliphatic carbocycles. The van der Waals surface area contributed by atoms with Gasteiger partial charge in [-0.25, -0.2) is 0 Å². The van der Waals surface area contributed by atoms with Crippen molar-refractivity contribution >= 4 is 0 Å². The SMILES string of the molecule is [CH3-].[CH3-].[Pd+2].[Y].[Y]. The molecule has 0 aromatic rings. The zero-order valence-corrected chi connectivity index (χ0v) is 10.7. The average Bonchev–Trinajstić information content (AvgIpc) is 0. The standard InChI is InChI=1S/2CH3.Pd.2Y/h2*1H3;;;/q2*-1;+2;;. The van der Waals surface area contributed by atoms with Gasteiger partial charge in [-0.1, -0.05) is 0 Å². The Labute approximate surface area is 98.7 Å². The van der Waals surface area contributed by atoms with E-state index in [-0.39, 0.29) is 101 Å². The van der Waals surface area contributed by atoms with Gasteiger partial charge in [-0.05, 0) is 0 Å². The van der Waals surface area contributed by atoms with Crippen LogP contribution in [0.3, 0.4) is 0 Å². The van der Waals surface area contributed by atoms with Crippen molar-refractivity contribution in [2.75, 3.05) is 0 Å². The third-order valence-electron chi connectivity index (χ3n) is 0. The monoisotopic (exact) mass is 314 g/mol. The van der Waals surface area contributed by atoms with E-state index in [1.54, 1.807) is 0 Å². The summed E-state index contributed by atoms with van der Waals surface area (Å²) in [5.41, 5.74) is 0. The van der Waals surface area contributed by atoms with Crippen LogP contribution in [0.15, 0.2) is 0 Å². The minimum Gasteiger partial charge on any atom is -0.358 e. The predicted molar refractivity (Wildman–Crippen MR) is 12.8 cm³/mol. The van der Waals surface area contributed by atoms with Crippen LogP contribution in [-0.2, 0) is 85.8 Å². The Hall–Kier alpha value is 2.87. The minimum atomic E-state index is 0. The topological polar surface area (TPSA) is 0 Å². The van der Waals surface area contributed by atoms with E-state index in [4.69, 9.17) is 0 Å². The summed E-state index contributed by atoms with van der Waals surface area (Å²) in [6.07, 6.45) is 0. The maximum atomic E-state index is 0. The second-order valence-corrected chi connectivity index (χ2v) is 0. The maximum absolute atomic E-state index is 0. The van der Waals surface area contributed by atoms with Gasteiger partial charge in [0, 0.05) is 65.4 Å². The predicted octanol–water partition coefficient (Wildman–Crippen LogP) is 0.893. The first-order chi connectivity index (χ1) is 0. The van der Waals surface area contributed by atoms with Crippen LogP contribution in [0.2, 0.25) is 0 Å². The summed E-state index contributed by atoms with van der Waals surface area (Å²) in [7, 11) is 0. The molecule has 3 heteroatoms. The van der Waals surface area contributed by atoms with Crippen molar-refractivity contribution in [1.29, 1.82) is 0 Å². The average molecular weight is 314 g/mol. The molecule has 30 valence electrons. The van der Waals surface area contributed by atoms with Crippen molar-refractivity contribution in [3.05, 3.63) is 14.9 Å². The van der Waals surface area contributed by atoms with Gasteiger partial charge in [0.1, 0.15) is 0 Å². The summed E-state index contributed by atoms with van der Waals surface area (Å²) in [6, 6.07) is 0. The van der Waals surface area contributed by atoms with Gasteiger partial charge in [-0.15, -0.1) is 0 Å². The molecule has 0 aromatic heterocycles. The Morgan fingerprint density at radius 1 is 0.600 bits per heavy atom. The van der Waals surface area contributed by atoms with Crippen LogP contribution in [0.25, 0.3) is 0 Å². The van der Waals surface area contributed by atoms with Crippen LogP contribution in [-0.4, -0.2) is 0 Å². The molecule has 0 saturated carbocycles. The van der Waals surface area contributed by atoms with Gasteiger partial charge in [-0.3, -0.25) is 0 Å². The van der Waals surface area contributed by atoms with Gasteiger partial charge in [0.2, 0.25) is 0 Å². The van der Waals surface area contributed by atoms with Crippen LogP contribution in [0.5, 0.6) is 0 Å². The Morgan fingerprint density at radius 2 is 0.600 bits per heavy atom. The summed E-state index contributed by atoms with van der Waals surface area (Å²) in [4.78, 5) is 0. The van der Waals surface area contributed by atoms with Crippen molar-refractivity contribution in [2.45, 2.75) is 0 Å². The van der Waals surface area contributed by atoms with E-state index in [2.05, 4.69) is 0 Å². The second kappa shape index (κ2) is 28.7. The zero-order chi connectivity index (χ0) is 0. The largest absolute Gasteiger partial charge is 2.00 e. The summed E-state index contributed by atoms with van der Waals surface area (Å²) < 4.78 is 0. The van der Waals surface area contributed by atoms with Crippen molar-refractivity contribution in [1.82, 2.24) is 0 Å². The molecule has 0 N–H and O–H groups in total. The summed E-state index contributed by atoms with van der Waals surface area (Å²) in [6.45, 7) is 0. The molecule has 0 heterocycles. The van der Waals surface area contributed by atoms with Gasteiger partial charge >= 0.3 is 20.4 Å². The van der Waals surface area contributed by atoms with Gasteiger partial charge < -0.3 is 14.9 Å². The first kappa shape index (κ1) is 45.1. The fourth-order valence-corrected chi connectivity index (χ4v) is 0. The zero-order valence-electron chi connectivity index (χ0n) is 3.47. The summed E-state index contributed by atoms with van der Waals surface area (Å²) in [5.74, 6) is 0. The third kappa shape index (κ3) is 19.8. The molecular weight excluding hydrogens is 308 g/mol. The molecule has 0 unspecified atom stereocenters. The number of hydrogen-bond donors (Lipinski definition) is 0. The summed E-state index contributed by atoms with van der Waals surface area (Å²) in [5, 5.41) is 0. The van der Waals surface area contributed by atoms with Crippen LogP contribution < -0.4 is 0 Å². The first-order valence-electron chi connectivity index (χ1n) is 0. The van der Waals surface area contributed by atoms with Gasteiger partial charge in [-0.2, -0.15) is 0 Å². The molecule has 0 aliphatic rings. The molecule has 0 fully saturated rings. The molecule has 0 saturated heterocycles. The smallest absolute Gasteiger partial charge is 0.358 e. The Bertz CT molecular complexity index is 7.61. The third-order valence-corrected chi connectivity index (χ3v) is 0. The van der Waals surface area contributed by atoms with Gasteiger partial charge in [0.05, 0.1) is 0 Å². The molecule has 0 aliphatic heterocycles. The van der Waals surface area contributed by atoms with Crippen molar-refractivity contribution in [3.8, 4) is 0 Å².